The molecule has 2 aromatic carbocycles. The third kappa shape index (κ3) is 4.76. The zero-order valence-corrected chi connectivity index (χ0v) is 16.7. The Labute approximate surface area is 169 Å². The maximum atomic E-state index is 12.8. The Morgan fingerprint density at radius 2 is 1.69 bits per heavy atom. The molecule has 7 nitrogen and oxygen atoms in total. The number of rotatable bonds is 5. The maximum Gasteiger partial charge on any atom is 0.339 e. The minimum Gasteiger partial charge on any atom is -0.465 e. The lowest BCUT2D eigenvalue weighted by atomic mass is 10.1. The molecule has 0 aliphatic rings. The summed E-state index contributed by atoms with van der Waals surface area (Å²) in [6.07, 6.45) is 0. The molecular weight excluding hydrogens is 368 g/mol. The van der Waals surface area contributed by atoms with Crippen LogP contribution in [-0.2, 0) is 4.74 Å². The summed E-state index contributed by atoms with van der Waals surface area (Å²) in [5.41, 5.74) is 3.93. The minimum atomic E-state index is -0.531. The minimum absolute atomic E-state index is 0.185. The van der Waals surface area contributed by atoms with E-state index in [4.69, 9.17) is 4.74 Å². The van der Waals surface area contributed by atoms with Crippen molar-refractivity contribution in [3.05, 3.63) is 76.7 Å². The molecular formula is C22H22N4O3. The first kappa shape index (κ1) is 20.0. The van der Waals surface area contributed by atoms with Crippen LogP contribution in [0.25, 0.3) is 0 Å². The molecule has 0 saturated carbocycles. The van der Waals surface area contributed by atoms with Crippen molar-refractivity contribution < 1.29 is 14.3 Å². The summed E-state index contributed by atoms with van der Waals surface area (Å²) >= 11 is 0. The summed E-state index contributed by atoms with van der Waals surface area (Å²) in [7, 11) is 1.29. The van der Waals surface area contributed by atoms with Crippen molar-refractivity contribution in [2.45, 2.75) is 20.8 Å². The smallest absolute Gasteiger partial charge is 0.339 e. The van der Waals surface area contributed by atoms with Gasteiger partial charge in [0.25, 0.3) is 5.91 Å². The van der Waals surface area contributed by atoms with Gasteiger partial charge in [0, 0.05) is 11.8 Å². The normalized spacial score (nSPS) is 10.3. The second-order valence-electron chi connectivity index (χ2n) is 6.62. The van der Waals surface area contributed by atoms with E-state index in [0.717, 1.165) is 16.8 Å². The number of anilines is 3. The van der Waals surface area contributed by atoms with E-state index in [1.54, 1.807) is 37.3 Å². The van der Waals surface area contributed by atoms with Gasteiger partial charge in [0.15, 0.2) is 0 Å². The first-order valence-corrected chi connectivity index (χ1v) is 9.06. The van der Waals surface area contributed by atoms with Crippen LogP contribution in [0.5, 0.6) is 0 Å². The Hall–Kier alpha value is -3.74. The number of para-hydroxylation sites is 1. The Balaban J connectivity index is 1.86. The van der Waals surface area contributed by atoms with Crippen molar-refractivity contribution >= 4 is 29.1 Å². The average molecular weight is 390 g/mol. The number of ether oxygens (including phenoxy) is 1. The van der Waals surface area contributed by atoms with Crippen LogP contribution in [0.1, 0.15) is 37.8 Å². The van der Waals surface area contributed by atoms with Crippen molar-refractivity contribution in [1.29, 1.82) is 0 Å². The molecule has 0 saturated heterocycles. The van der Waals surface area contributed by atoms with Crippen molar-refractivity contribution in [1.82, 2.24) is 9.97 Å². The van der Waals surface area contributed by atoms with E-state index in [0.29, 0.717) is 17.3 Å². The van der Waals surface area contributed by atoms with Crippen LogP contribution < -0.4 is 10.6 Å². The van der Waals surface area contributed by atoms with Gasteiger partial charge in [0.2, 0.25) is 0 Å². The van der Waals surface area contributed by atoms with Crippen LogP contribution in [0.2, 0.25) is 0 Å². The van der Waals surface area contributed by atoms with Crippen molar-refractivity contribution in [3.8, 4) is 0 Å². The van der Waals surface area contributed by atoms with Crippen LogP contribution in [0, 0.1) is 20.8 Å². The van der Waals surface area contributed by atoms with Crippen molar-refractivity contribution in [2.75, 3.05) is 17.7 Å². The lowest BCUT2D eigenvalue weighted by Gasteiger charge is -2.12. The SMILES string of the molecule is COC(=O)c1ccccc1NC(=O)c1cc(Nc2ccc(C)cc2C)nc(C)n1. The molecule has 0 aliphatic carbocycles. The molecule has 0 spiro atoms. The third-order valence-corrected chi connectivity index (χ3v) is 4.30. The molecule has 3 rings (SSSR count). The van der Waals surface area contributed by atoms with Crippen molar-refractivity contribution in [2.24, 2.45) is 0 Å². The number of nitrogens with one attached hydrogen (secondary N) is 2. The summed E-state index contributed by atoms with van der Waals surface area (Å²) in [4.78, 5) is 33.3. The molecule has 0 radical (unpaired) electrons. The number of benzene rings is 2. The predicted octanol–water partition coefficient (Wildman–Crippen LogP) is 4.18. The quantitative estimate of drug-likeness (QED) is 0.635. The van der Waals surface area contributed by atoms with Gasteiger partial charge < -0.3 is 15.4 Å². The number of hydrogen-bond acceptors (Lipinski definition) is 6. The zero-order valence-electron chi connectivity index (χ0n) is 16.7. The van der Waals surface area contributed by atoms with Gasteiger partial charge in [0.1, 0.15) is 17.3 Å². The molecule has 7 heteroatoms. The number of amides is 1. The molecule has 0 atom stereocenters. The fraction of sp³-hybridized carbons (Fsp3) is 0.182. The van der Waals surface area contributed by atoms with Crippen LogP contribution >= 0.6 is 0 Å². The number of aryl methyl sites for hydroxylation is 3. The standard InChI is InChI=1S/C22H22N4O3/c1-13-9-10-17(14(2)11-13)25-20-12-19(23-15(3)24-20)21(27)26-18-8-6-5-7-16(18)22(28)29-4/h5-12H,1-4H3,(H,26,27)(H,23,24,25). The van der Waals surface area contributed by atoms with Gasteiger partial charge in [-0.15, -0.1) is 0 Å². The summed E-state index contributed by atoms with van der Waals surface area (Å²) < 4.78 is 4.76. The van der Waals surface area contributed by atoms with Crippen molar-refractivity contribution in [3.63, 3.8) is 0 Å². The number of methoxy groups -OCH3 is 1. The topological polar surface area (TPSA) is 93.2 Å². The van der Waals surface area contributed by atoms with E-state index in [-0.39, 0.29) is 11.3 Å². The highest BCUT2D eigenvalue weighted by Crippen LogP contribution is 2.22. The second-order valence-corrected chi connectivity index (χ2v) is 6.62. The Bertz CT molecular complexity index is 1080. The molecule has 3 aromatic rings. The molecule has 1 aromatic heterocycles. The van der Waals surface area contributed by atoms with E-state index in [1.807, 2.05) is 26.0 Å². The number of hydrogen-bond donors (Lipinski definition) is 2. The van der Waals surface area contributed by atoms with E-state index >= 15 is 0 Å². The summed E-state index contributed by atoms with van der Waals surface area (Å²) in [6.45, 7) is 5.74. The van der Waals surface area contributed by atoms with E-state index < -0.39 is 11.9 Å². The number of esters is 1. The van der Waals surface area contributed by atoms with Gasteiger partial charge in [-0.2, -0.15) is 0 Å². The van der Waals surface area contributed by atoms with Crippen LogP contribution in [0.4, 0.5) is 17.2 Å². The molecule has 0 aliphatic heterocycles. The Kier molecular flexibility index (Phi) is 5.87. The molecule has 0 unspecified atom stereocenters. The first-order valence-electron chi connectivity index (χ1n) is 9.06. The predicted molar refractivity (Wildman–Crippen MR) is 112 cm³/mol. The Morgan fingerprint density at radius 3 is 2.41 bits per heavy atom. The highest BCUT2D eigenvalue weighted by atomic mass is 16.5. The van der Waals surface area contributed by atoms with Gasteiger partial charge in [-0.1, -0.05) is 29.8 Å². The molecule has 29 heavy (non-hydrogen) atoms. The molecule has 1 heterocycles. The van der Waals surface area contributed by atoms with E-state index in [9.17, 15) is 9.59 Å². The van der Waals surface area contributed by atoms with Crippen LogP contribution in [0.15, 0.2) is 48.5 Å². The average Bonchev–Trinajstić information content (AvgIpc) is 2.69. The van der Waals surface area contributed by atoms with E-state index in [1.165, 1.54) is 7.11 Å². The second kappa shape index (κ2) is 8.52. The van der Waals surface area contributed by atoms with Gasteiger partial charge in [-0.3, -0.25) is 4.79 Å². The summed E-state index contributed by atoms with van der Waals surface area (Å²) in [6, 6.07) is 14.2. The number of aromatic nitrogens is 2. The highest BCUT2D eigenvalue weighted by molar-refractivity contribution is 6.07. The highest BCUT2D eigenvalue weighted by Gasteiger charge is 2.16. The fourth-order valence-corrected chi connectivity index (χ4v) is 2.91. The number of carbonyl (C=O) groups is 2. The van der Waals surface area contributed by atoms with E-state index in [2.05, 4.69) is 26.7 Å². The molecule has 0 fully saturated rings. The van der Waals surface area contributed by atoms with Crippen LogP contribution in [0.3, 0.4) is 0 Å². The largest absolute Gasteiger partial charge is 0.465 e. The molecule has 148 valence electrons. The first-order chi connectivity index (χ1) is 13.9. The monoisotopic (exact) mass is 390 g/mol. The maximum absolute atomic E-state index is 12.8. The molecule has 1 amide bonds. The lowest BCUT2D eigenvalue weighted by molar-refractivity contribution is 0.0602. The molecule has 0 bridgehead atoms. The third-order valence-electron chi connectivity index (χ3n) is 4.30. The number of carbonyl (C=O) groups excluding carboxylic acids is 2. The summed E-state index contributed by atoms with van der Waals surface area (Å²) in [5, 5.41) is 5.95. The number of nitrogens with zero attached hydrogens (tertiary/aromatic N) is 2. The lowest BCUT2D eigenvalue weighted by Crippen LogP contribution is -2.17. The fourth-order valence-electron chi connectivity index (χ4n) is 2.91. The van der Waals surface area contributed by atoms with Gasteiger partial charge in [0.05, 0.1) is 18.4 Å². The van der Waals surface area contributed by atoms with Gasteiger partial charge >= 0.3 is 5.97 Å². The zero-order chi connectivity index (χ0) is 21.0. The van der Waals surface area contributed by atoms with Crippen LogP contribution in [-0.4, -0.2) is 29.0 Å². The van der Waals surface area contributed by atoms with Gasteiger partial charge in [-0.05, 0) is 44.5 Å². The Morgan fingerprint density at radius 1 is 0.931 bits per heavy atom. The van der Waals surface area contributed by atoms with Gasteiger partial charge in [-0.25, -0.2) is 14.8 Å². The molecule has 2 N–H and O–H groups in total. The summed E-state index contributed by atoms with van der Waals surface area (Å²) in [5.74, 6) is -0.0190.